The van der Waals surface area contributed by atoms with Crippen molar-refractivity contribution in [3.63, 3.8) is 0 Å². The van der Waals surface area contributed by atoms with E-state index in [0.717, 1.165) is 24.9 Å². The van der Waals surface area contributed by atoms with Gasteiger partial charge >= 0.3 is 6.18 Å². The van der Waals surface area contributed by atoms with E-state index in [1.165, 1.54) is 17.1 Å². The molecule has 1 N–H and O–H groups in total. The predicted molar refractivity (Wildman–Crippen MR) is 80.8 cm³/mol. The van der Waals surface area contributed by atoms with E-state index in [4.69, 9.17) is 0 Å². The van der Waals surface area contributed by atoms with Crippen molar-refractivity contribution in [3.8, 4) is 0 Å². The largest absolute Gasteiger partial charge is 0.408 e. The Morgan fingerprint density at radius 2 is 1.88 bits per heavy atom. The van der Waals surface area contributed by atoms with Crippen LogP contribution in [-0.2, 0) is 16.6 Å². The number of halogens is 3. The van der Waals surface area contributed by atoms with Crippen molar-refractivity contribution in [1.29, 1.82) is 0 Å². The molecule has 0 radical (unpaired) electrons. The van der Waals surface area contributed by atoms with Gasteiger partial charge in [0.05, 0.1) is 6.20 Å². The van der Waals surface area contributed by atoms with Crippen LogP contribution in [0.15, 0.2) is 17.3 Å². The van der Waals surface area contributed by atoms with E-state index in [9.17, 15) is 21.6 Å². The Hall–Kier alpha value is -1.13. The van der Waals surface area contributed by atoms with Crippen molar-refractivity contribution in [2.75, 3.05) is 19.6 Å². The van der Waals surface area contributed by atoms with Crippen LogP contribution in [0.3, 0.4) is 0 Å². The van der Waals surface area contributed by atoms with Crippen molar-refractivity contribution in [3.05, 3.63) is 12.4 Å². The third kappa shape index (κ3) is 4.48. The Labute approximate surface area is 139 Å². The number of nitrogens with one attached hydrogen (secondary N) is 1. The van der Waals surface area contributed by atoms with Gasteiger partial charge in [-0.1, -0.05) is 0 Å². The molecule has 1 saturated carbocycles. The molecule has 0 aromatic carbocycles. The molecule has 0 unspecified atom stereocenters. The fourth-order valence-corrected chi connectivity index (χ4v) is 4.28. The zero-order chi connectivity index (χ0) is 17.4. The third-order valence-electron chi connectivity index (χ3n) is 4.43. The molecule has 2 fully saturated rings. The highest BCUT2D eigenvalue weighted by atomic mass is 32.2. The summed E-state index contributed by atoms with van der Waals surface area (Å²) in [6.07, 6.45) is 1.45. The molecule has 0 amide bonds. The molecule has 1 aromatic heterocycles. The Morgan fingerprint density at radius 3 is 2.46 bits per heavy atom. The van der Waals surface area contributed by atoms with Crippen LogP contribution >= 0.6 is 0 Å². The van der Waals surface area contributed by atoms with Crippen LogP contribution in [0.25, 0.3) is 0 Å². The minimum atomic E-state index is -4.43. The molecule has 1 saturated heterocycles. The average Bonchev–Trinajstić information content (AvgIpc) is 3.22. The van der Waals surface area contributed by atoms with Crippen molar-refractivity contribution in [1.82, 2.24) is 19.4 Å². The maximum atomic E-state index is 12.5. The van der Waals surface area contributed by atoms with Gasteiger partial charge in [-0.15, -0.1) is 0 Å². The van der Waals surface area contributed by atoms with Crippen LogP contribution in [0.4, 0.5) is 13.2 Å². The zero-order valence-electron chi connectivity index (χ0n) is 13.2. The number of sulfonamides is 1. The molecule has 2 aliphatic rings. The van der Waals surface area contributed by atoms with Gasteiger partial charge in [-0.25, -0.2) is 8.42 Å². The third-order valence-corrected chi connectivity index (χ3v) is 6.29. The molecular weight excluding hydrogens is 345 g/mol. The Balaban J connectivity index is 1.57. The van der Waals surface area contributed by atoms with E-state index >= 15 is 0 Å². The van der Waals surface area contributed by atoms with Gasteiger partial charge in [0, 0.05) is 25.3 Å². The van der Waals surface area contributed by atoms with Gasteiger partial charge in [0.15, 0.2) is 0 Å². The second kappa shape index (κ2) is 6.64. The number of aromatic nitrogens is 2. The van der Waals surface area contributed by atoms with E-state index in [1.54, 1.807) is 0 Å². The minimum Gasteiger partial charge on any atom is -0.314 e. The van der Waals surface area contributed by atoms with Gasteiger partial charge in [-0.05, 0) is 38.1 Å². The molecule has 10 heteroatoms. The lowest BCUT2D eigenvalue weighted by atomic mass is 10.1. The Bertz CT molecular complexity index is 662. The SMILES string of the molecule is O=S(=O)(c1cnn(CC(F)(F)F)c1)N1CCC(NCC2CC2)CC1. The lowest BCUT2D eigenvalue weighted by Crippen LogP contribution is -2.45. The smallest absolute Gasteiger partial charge is 0.314 e. The van der Waals surface area contributed by atoms with Gasteiger partial charge in [-0.3, -0.25) is 4.68 Å². The molecule has 1 aliphatic carbocycles. The summed E-state index contributed by atoms with van der Waals surface area (Å²) in [6.45, 7) is 0.432. The number of hydrogen-bond acceptors (Lipinski definition) is 4. The standard InChI is InChI=1S/C14H21F3N4O2S/c15-14(16,17)10-20-9-13(8-19-20)24(22,23)21-5-3-12(4-6-21)18-7-11-1-2-11/h8-9,11-12,18H,1-7,10H2. The predicted octanol–water partition coefficient (Wildman–Crippen LogP) is 1.60. The van der Waals surface area contributed by atoms with E-state index in [1.807, 2.05) is 0 Å². The van der Waals surface area contributed by atoms with E-state index < -0.39 is 22.7 Å². The summed E-state index contributed by atoms with van der Waals surface area (Å²) >= 11 is 0. The molecule has 2 heterocycles. The van der Waals surface area contributed by atoms with Gasteiger partial charge in [-0.2, -0.15) is 22.6 Å². The van der Waals surface area contributed by atoms with E-state index in [-0.39, 0.29) is 4.90 Å². The Morgan fingerprint density at radius 1 is 1.21 bits per heavy atom. The maximum absolute atomic E-state index is 12.5. The van der Waals surface area contributed by atoms with Crippen LogP contribution < -0.4 is 5.32 Å². The van der Waals surface area contributed by atoms with Gasteiger partial charge < -0.3 is 5.32 Å². The molecule has 24 heavy (non-hydrogen) atoms. The van der Waals surface area contributed by atoms with Crippen molar-refractivity contribution in [2.24, 2.45) is 5.92 Å². The second-order valence-corrected chi connectivity index (χ2v) is 8.46. The summed E-state index contributed by atoms with van der Waals surface area (Å²) in [5.74, 6) is 0.770. The van der Waals surface area contributed by atoms with Gasteiger partial charge in [0.2, 0.25) is 10.0 Å². The number of rotatable bonds is 6. The summed E-state index contributed by atoms with van der Waals surface area (Å²) in [6, 6.07) is 0.310. The molecule has 0 bridgehead atoms. The highest BCUT2D eigenvalue weighted by Crippen LogP contribution is 2.28. The molecule has 0 spiro atoms. The molecule has 3 rings (SSSR count). The quantitative estimate of drug-likeness (QED) is 0.830. The highest BCUT2D eigenvalue weighted by molar-refractivity contribution is 7.89. The molecule has 6 nitrogen and oxygen atoms in total. The maximum Gasteiger partial charge on any atom is 0.408 e. The van der Waals surface area contributed by atoms with Gasteiger partial charge in [0.25, 0.3) is 0 Å². The summed E-state index contributed by atoms with van der Waals surface area (Å²) < 4.78 is 64.0. The monoisotopic (exact) mass is 366 g/mol. The fourth-order valence-electron chi connectivity index (χ4n) is 2.85. The summed E-state index contributed by atoms with van der Waals surface area (Å²) in [7, 11) is -3.78. The van der Waals surface area contributed by atoms with Crippen LogP contribution in [0.2, 0.25) is 0 Å². The molecule has 1 aromatic rings. The summed E-state index contributed by atoms with van der Waals surface area (Å²) in [5, 5.41) is 6.97. The lowest BCUT2D eigenvalue weighted by Gasteiger charge is -2.31. The highest BCUT2D eigenvalue weighted by Gasteiger charge is 2.33. The van der Waals surface area contributed by atoms with E-state index in [0.29, 0.717) is 36.7 Å². The van der Waals surface area contributed by atoms with Crippen LogP contribution in [0, 0.1) is 5.92 Å². The molecule has 0 atom stereocenters. The minimum absolute atomic E-state index is 0.184. The first-order valence-corrected chi connectivity index (χ1v) is 9.51. The first-order chi connectivity index (χ1) is 11.2. The number of alkyl halides is 3. The molecule has 136 valence electrons. The van der Waals surface area contributed by atoms with Crippen LogP contribution in [0.5, 0.6) is 0 Å². The van der Waals surface area contributed by atoms with Gasteiger partial charge in [0.1, 0.15) is 11.4 Å². The topological polar surface area (TPSA) is 67.2 Å². The fraction of sp³-hybridized carbons (Fsp3) is 0.786. The number of hydrogen-bond donors (Lipinski definition) is 1. The zero-order valence-corrected chi connectivity index (χ0v) is 14.0. The second-order valence-electron chi connectivity index (χ2n) is 6.52. The van der Waals surface area contributed by atoms with E-state index in [2.05, 4.69) is 10.4 Å². The number of piperidine rings is 1. The van der Waals surface area contributed by atoms with Crippen molar-refractivity contribution >= 4 is 10.0 Å². The normalized spacial score (nSPS) is 21.3. The summed E-state index contributed by atoms with van der Waals surface area (Å²) in [5.41, 5.74) is 0. The van der Waals surface area contributed by atoms with Crippen molar-refractivity contribution in [2.45, 2.75) is 49.3 Å². The average molecular weight is 366 g/mol. The van der Waals surface area contributed by atoms with Crippen LogP contribution in [0.1, 0.15) is 25.7 Å². The summed E-state index contributed by atoms with van der Waals surface area (Å²) in [4.78, 5) is -0.184. The first kappa shape index (κ1) is 17.7. The van der Waals surface area contributed by atoms with Crippen LogP contribution in [-0.4, -0.2) is 54.4 Å². The molecule has 1 aliphatic heterocycles. The lowest BCUT2D eigenvalue weighted by molar-refractivity contribution is -0.142. The van der Waals surface area contributed by atoms with Crippen molar-refractivity contribution < 1.29 is 21.6 Å². The number of nitrogens with zero attached hydrogens (tertiary/aromatic N) is 3. The Kier molecular flexibility index (Phi) is 4.89. The first-order valence-electron chi connectivity index (χ1n) is 8.07. The molecular formula is C14H21F3N4O2S.